The molecule has 0 atom stereocenters. The van der Waals surface area contributed by atoms with Crippen LogP contribution in [0.15, 0.2) is 71.3 Å². The molecule has 0 spiro atoms. The lowest BCUT2D eigenvalue weighted by Gasteiger charge is -2.11. The highest BCUT2D eigenvalue weighted by atomic mass is 16.5. The molecule has 0 saturated heterocycles. The fourth-order valence-corrected chi connectivity index (χ4v) is 2.73. The summed E-state index contributed by atoms with van der Waals surface area (Å²) in [5, 5.41) is 5.62. The Kier molecular flexibility index (Phi) is 6.46. The quantitative estimate of drug-likeness (QED) is 0.625. The Morgan fingerprint density at radius 3 is 2.50 bits per heavy atom. The lowest BCUT2D eigenvalue weighted by Crippen LogP contribution is -2.24. The summed E-state index contributed by atoms with van der Waals surface area (Å²) >= 11 is 0. The molecule has 2 N–H and O–H groups in total. The first-order chi connectivity index (χ1) is 13.7. The SMILES string of the molecule is COc1ccc(CCC(=O)Nc2ccccc2C(=O)NCc2ccco2)cc1. The van der Waals surface area contributed by atoms with Gasteiger partial charge in [-0.05, 0) is 48.4 Å². The molecule has 0 aliphatic carbocycles. The molecule has 0 fully saturated rings. The zero-order valence-electron chi connectivity index (χ0n) is 15.6. The maximum atomic E-state index is 12.5. The summed E-state index contributed by atoms with van der Waals surface area (Å²) in [6.45, 7) is 0.283. The monoisotopic (exact) mass is 378 g/mol. The third kappa shape index (κ3) is 5.23. The van der Waals surface area contributed by atoms with Gasteiger partial charge in [-0.1, -0.05) is 24.3 Å². The number of amides is 2. The van der Waals surface area contributed by atoms with Gasteiger partial charge in [0.25, 0.3) is 5.91 Å². The van der Waals surface area contributed by atoms with Crippen LogP contribution in [0.25, 0.3) is 0 Å². The van der Waals surface area contributed by atoms with E-state index in [-0.39, 0.29) is 18.4 Å². The zero-order valence-corrected chi connectivity index (χ0v) is 15.6. The smallest absolute Gasteiger partial charge is 0.253 e. The van der Waals surface area contributed by atoms with Gasteiger partial charge in [-0.3, -0.25) is 9.59 Å². The number of ether oxygens (including phenoxy) is 1. The standard InChI is InChI=1S/C22H22N2O4/c1-27-17-11-8-16(9-12-17)10-13-21(25)24-20-7-3-2-6-19(20)22(26)23-15-18-5-4-14-28-18/h2-9,11-12,14H,10,13,15H2,1H3,(H,23,26)(H,24,25). The molecular formula is C22H22N2O4. The topological polar surface area (TPSA) is 80.6 Å². The molecule has 144 valence electrons. The normalized spacial score (nSPS) is 10.3. The van der Waals surface area contributed by atoms with E-state index in [1.54, 1.807) is 49.8 Å². The van der Waals surface area contributed by atoms with Gasteiger partial charge >= 0.3 is 0 Å². The second-order valence-corrected chi connectivity index (χ2v) is 6.20. The number of benzene rings is 2. The summed E-state index contributed by atoms with van der Waals surface area (Å²) in [6.07, 6.45) is 2.47. The number of nitrogens with one attached hydrogen (secondary N) is 2. The molecule has 2 aromatic carbocycles. The van der Waals surface area contributed by atoms with E-state index in [1.165, 1.54) is 0 Å². The highest BCUT2D eigenvalue weighted by Crippen LogP contribution is 2.17. The Labute approximate surface area is 163 Å². The van der Waals surface area contributed by atoms with Gasteiger partial charge in [0.1, 0.15) is 11.5 Å². The first-order valence-electron chi connectivity index (χ1n) is 8.98. The molecule has 3 aromatic rings. The number of rotatable bonds is 8. The molecule has 0 aliphatic rings. The number of aryl methyl sites for hydroxylation is 1. The largest absolute Gasteiger partial charge is 0.497 e. The number of methoxy groups -OCH3 is 1. The minimum atomic E-state index is -0.276. The average Bonchev–Trinajstić information content (AvgIpc) is 3.25. The lowest BCUT2D eigenvalue weighted by molar-refractivity contribution is -0.116. The van der Waals surface area contributed by atoms with E-state index in [0.29, 0.717) is 29.9 Å². The number of carbonyl (C=O) groups excluding carboxylic acids is 2. The van der Waals surface area contributed by atoms with Crippen molar-refractivity contribution in [2.45, 2.75) is 19.4 Å². The van der Waals surface area contributed by atoms with Crippen molar-refractivity contribution < 1.29 is 18.7 Å². The number of anilines is 1. The average molecular weight is 378 g/mol. The number of para-hydroxylation sites is 1. The number of hydrogen-bond acceptors (Lipinski definition) is 4. The first-order valence-corrected chi connectivity index (χ1v) is 8.98. The van der Waals surface area contributed by atoms with Crippen molar-refractivity contribution in [3.63, 3.8) is 0 Å². The summed E-state index contributed by atoms with van der Waals surface area (Å²) < 4.78 is 10.3. The molecule has 6 heteroatoms. The first kappa shape index (κ1) is 19.2. The van der Waals surface area contributed by atoms with Gasteiger partial charge in [-0.15, -0.1) is 0 Å². The minimum Gasteiger partial charge on any atom is -0.497 e. The van der Waals surface area contributed by atoms with Crippen molar-refractivity contribution in [1.29, 1.82) is 0 Å². The maximum Gasteiger partial charge on any atom is 0.253 e. The van der Waals surface area contributed by atoms with Gasteiger partial charge in [0.2, 0.25) is 5.91 Å². The van der Waals surface area contributed by atoms with Gasteiger partial charge in [0.05, 0.1) is 31.2 Å². The molecule has 1 aromatic heterocycles. The number of hydrogen-bond donors (Lipinski definition) is 2. The summed E-state index contributed by atoms with van der Waals surface area (Å²) in [5.74, 6) is 1.02. The molecule has 0 radical (unpaired) electrons. The van der Waals surface area contributed by atoms with Crippen LogP contribution >= 0.6 is 0 Å². The fraction of sp³-hybridized carbons (Fsp3) is 0.182. The molecule has 2 amide bonds. The molecule has 0 saturated carbocycles. The van der Waals surface area contributed by atoms with E-state index < -0.39 is 0 Å². The highest BCUT2D eigenvalue weighted by molar-refractivity contribution is 6.03. The van der Waals surface area contributed by atoms with Crippen molar-refractivity contribution in [2.24, 2.45) is 0 Å². The van der Waals surface area contributed by atoms with E-state index in [2.05, 4.69) is 10.6 Å². The predicted molar refractivity (Wildman–Crippen MR) is 106 cm³/mol. The summed E-state index contributed by atoms with van der Waals surface area (Å²) in [7, 11) is 1.62. The Bertz CT molecular complexity index is 918. The van der Waals surface area contributed by atoms with E-state index in [1.807, 2.05) is 24.3 Å². The summed E-state index contributed by atoms with van der Waals surface area (Å²) in [6, 6.07) is 18.1. The van der Waals surface area contributed by atoms with E-state index in [9.17, 15) is 9.59 Å². The van der Waals surface area contributed by atoms with E-state index in [4.69, 9.17) is 9.15 Å². The Morgan fingerprint density at radius 1 is 1.00 bits per heavy atom. The van der Waals surface area contributed by atoms with E-state index in [0.717, 1.165) is 11.3 Å². The van der Waals surface area contributed by atoms with Crippen LogP contribution in [0.1, 0.15) is 28.1 Å². The summed E-state index contributed by atoms with van der Waals surface area (Å²) in [4.78, 5) is 24.8. The Hall–Kier alpha value is -3.54. The third-order valence-electron chi connectivity index (χ3n) is 4.25. The van der Waals surface area contributed by atoms with Crippen LogP contribution in [0.4, 0.5) is 5.69 Å². The Morgan fingerprint density at radius 2 is 1.79 bits per heavy atom. The molecule has 0 bridgehead atoms. The van der Waals surface area contributed by atoms with Crippen molar-refractivity contribution in [3.05, 3.63) is 83.8 Å². The molecule has 3 rings (SSSR count). The third-order valence-corrected chi connectivity index (χ3v) is 4.25. The van der Waals surface area contributed by atoms with Crippen LogP contribution in [-0.2, 0) is 17.8 Å². The van der Waals surface area contributed by atoms with Gasteiger partial charge < -0.3 is 19.8 Å². The minimum absolute atomic E-state index is 0.151. The van der Waals surface area contributed by atoms with Crippen molar-refractivity contribution >= 4 is 17.5 Å². The molecule has 28 heavy (non-hydrogen) atoms. The van der Waals surface area contributed by atoms with Crippen LogP contribution in [0.3, 0.4) is 0 Å². The maximum absolute atomic E-state index is 12.5. The van der Waals surface area contributed by atoms with Gasteiger partial charge in [-0.25, -0.2) is 0 Å². The summed E-state index contributed by atoms with van der Waals surface area (Å²) in [5.41, 5.74) is 1.94. The fourth-order valence-electron chi connectivity index (χ4n) is 2.73. The second-order valence-electron chi connectivity index (χ2n) is 6.20. The lowest BCUT2D eigenvalue weighted by atomic mass is 10.1. The van der Waals surface area contributed by atoms with Crippen molar-refractivity contribution in [1.82, 2.24) is 5.32 Å². The zero-order chi connectivity index (χ0) is 19.8. The van der Waals surface area contributed by atoms with Crippen molar-refractivity contribution in [2.75, 3.05) is 12.4 Å². The van der Waals surface area contributed by atoms with Crippen LogP contribution in [0, 0.1) is 0 Å². The van der Waals surface area contributed by atoms with Gasteiger partial charge in [-0.2, -0.15) is 0 Å². The van der Waals surface area contributed by atoms with Crippen LogP contribution < -0.4 is 15.4 Å². The predicted octanol–water partition coefficient (Wildman–Crippen LogP) is 3.79. The Balaban J connectivity index is 1.57. The van der Waals surface area contributed by atoms with Crippen LogP contribution in [0.2, 0.25) is 0 Å². The van der Waals surface area contributed by atoms with Crippen LogP contribution in [0.5, 0.6) is 5.75 Å². The molecule has 1 heterocycles. The van der Waals surface area contributed by atoms with Gasteiger partial charge in [0.15, 0.2) is 0 Å². The molecule has 0 unspecified atom stereocenters. The number of carbonyl (C=O) groups is 2. The highest BCUT2D eigenvalue weighted by Gasteiger charge is 2.13. The van der Waals surface area contributed by atoms with E-state index >= 15 is 0 Å². The van der Waals surface area contributed by atoms with Crippen LogP contribution in [-0.4, -0.2) is 18.9 Å². The van der Waals surface area contributed by atoms with Crippen molar-refractivity contribution in [3.8, 4) is 5.75 Å². The molecular weight excluding hydrogens is 356 g/mol. The second kappa shape index (κ2) is 9.41. The number of furan rings is 1. The van der Waals surface area contributed by atoms with Gasteiger partial charge in [0, 0.05) is 6.42 Å². The molecule has 0 aliphatic heterocycles. The molecule has 6 nitrogen and oxygen atoms in total.